The Labute approximate surface area is 113 Å². The third kappa shape index (κ3) is 3.47. The first-order valence-electron chi connectivity index (χ1n) is 6.44. The third-order valence-corrected chi connectivity index (χ3v) is 3.56. The van der Waals surface area contributed by atoms with Crippen molar-refractivity contribution in [2.24, 2.45) is 0 Å². The van der Waals surface area contributed by atoms with Crippen molar-refractivity contribution in [3.05, 3.63) is 34.3 Å². The Bertz CT molecular complexity index is 426. The summed E-state index contributed by atoms with van der Waals surface area (Å²) in [4.78, 5) is 12.2. The molecule has 1 aromatic carbocycles. The number of amides is 1. The van der Waals surface area contributed by atoms with E-state index < -0.39 is 0 Å². The molecule has 1 fully saturated rings. The van der Waals surface area contributed by atoms with E-state index in [4.69, 9.17) is 11.6 Å². The van der Waals surface area contributed by atoms with Crippen LogP contribution in [-0.2, 0) is 0 Å². The van der Waals surface area contributed by atoms with Gasteiger partial charge in [0.25, 0.3) is 5.91 Å². The zero-order chi connectivity index (χ0) is 13.0. The molecule has 0 spiro atoms. The van der Waals surface area contributed by atoms with Crippen LogP contribution >= 0.6 is 11.6 Å². The second kappa shape index (κ2) is 6.21. The Morgan fingerprint density at radius 2 is 2.28 bits per heavy atom. The molecule has 0 saturated carbocycles. The molecule has 98 valence electrons. The molecular formula is C14H19ClN2O. The predicted octanol–water partition coefficient (Wildman–Crippen LogP) is 2.52. The Balaban J connectivity index is 2.04. The highest BCUT2D eigenvalue weighted by molar-refractivity contribution is 6.31. The largest absolute Gasteiger partial charge is 0.348 e. The van der Waals surface area contributed by atoms with Gasteiger partial charge in [0.15, 0.2) is 0 Å². The molecule has 3 nitrogen and oxygen atoms in total. The van der Waals surface area contributed by atoms with Gasteiger partial charge in [-0.1, -0.05) is 24.1 Å². The fraction of sp³-hybridized carbons (Fsp3) is 0.500. The summed E-state index contributed by atoms with van der Waals surface area (Å²) in [6.07, 6.45) is 3.38. The van der Waals surface area contributed by atoms with Gasteiger partial charge in [0.2, 0.25) is 0 Å². The molecule has 0 aromatic heterocycles. The first kappa shape index (κ1) is 13.4. The van der Waals surface area contributed by atoms with Crippen LogP contribution in [0.2, 0.25) is 5.02 Å². The first-order chi connectivity index (χ1) is 8.66. The van der Waals surface area contributed by atoms with Gasteiger partial charge in [0.1, 0.15) is 0 Å². The van der Waals surface area contributed by atoms with E-state index in [2.05, 4.69) is 10.6 Å². The third-order valence-electron chi connectivity index (χ3n) is 3.33. The van der Waals surface area contributed by atoms with Crippen LogP contribution in [0.25, 0.3) is 0 Å². The van der Waals surface area contributed by atoms with Crippen LogP contribution in [0, 0.1) is 6.92 Å². The minimum absolute atomic E-state index is 0.0244. The second-order valence-electron chi connectivity index (χ2n) is 4.83. The molecule has 2 N–H and O–H groups in total. The van der Waals surface area contributed by atoms with Gasteiger partial charge in [0.05, 0.1) is 0 Å². The summed E-state index contributed by atoms with van der Waals surface area (Å²) in [5.74, 6) is -0.0244. The van der Waals surface area contributed by atoms with Crippen LogP contribution < -0.4 is 10.6 Å². The van der Waals surface area contributed by atoms with Gasteiger partial charge in [-0.15, -0.1) is 0 Å². The highest BCUT2D eigenvalue weighted by Crippen LogP contribution is 2.16. The van der Waals surface area contributed by atoms with Crippen LogP contribution in [0.3, 0.4) is 0 Å². The molecule has 2 rings (SSSR count). The monoisotopic (exact) mass is 266 g/mol. The molecule has 4 heteroatoms. The molecule has 1 atom stereocenters. The topological polar surface area (TPSA) is 41.1 Å². The van der Waals surface area contributed by atoms with Crippen molar-refractivity contribution in [3.63, 3.8) is 0 Å². The van der Waals surface area contributed by atoms with Gasteiger partial charge in [-0.2, -0.15) is 0 Å². The van der Waals surface area contributed by atoms with E-state index in [-0.39, 0.29) is 11.9 Å². The minimum atomic E-state index is -0.0244. The fourth-order valence-electron chi connectivity index (χ4n) is 2.24. The van der Waals surface area contributed by atoms with Gasteiger partial charge in [-0.05, 0) is 44.0 Å². The molecule has 1 amide bonds. The van der Waals surface area contributed by atoms with E-state index in [0.717, 1.165) is 31.5 Å². The highest BCUT2D eigenvalue weighted by Gasteiger charge is 2.16. The van der Waals surface area contributed by atoms with Gasteiger partial charge in [-0.3, -0.25) is 4.79 Å². The number of rotatable bonds is 2. The van der Waals surface area contributed by atoms with Crippen molar-refractivity contribution in [2.75, 3.05) is 13.1 Å². The average Bonchev–Trinajstić information content (AvgIpc) is 2.61. The quantitative estimate of drug-likeness (QED) is 0.864. The number of carbonyl (C=O) groups is 1. The number of benzene rings is 1. The molecule has 18 heavy (non-hydrogen) atoms. The molecule has 1 saturated heterocycles. The normalized spacial score (nSPS) is 20.2. The summed E-state index contributed by atoms with van der Waals surface area (Å²) in [5, 5.41) is 7.02. The smallest absolute Gasteiger partial charge is 0.251 e. The number of hydrogen-bond donors (Lipinski definition) is 2. The zero-order valence-electron chi connectivity index (χ0n) is 10.6. The molecule has 1 aromatic rings. The summed E-state index contributed by atoms with van der Waals surface area (Å²) < 4.78 is 0. The summed E-state index contributed by atoms with van der Waals surface area (Å²) in [7, 11) is 0. The first-order valence-corrected chi connectivity index (χ1v) is 6.82. The molecule has 1 aliphatic rings. The van der Waals surface area contributed by atoms with E-state index in [0.29, 0.717) is 10.6 Å². The number of hydrogen-bond acceptors (Lipinski definition) is 2. The summed E-state index contributed by atoms with van der Waals surface area (Å²) in [5.41, 5.74) is 1.63. The molecule has 1 unspecified atom stereocenters. The minimum Gasteiger partial charge on any atom is -0.348 e. The van der Waals surface area contributed by atoms with Crippen LogP contribution in [0.1, 0.15) is 35.2 Å². The number of halogens is 1. The number of aryl methyl sites for hydroxylation is 1. The van der Waals surface area contributed by atoms with Crippen molar-refractivity contribution >= 4 is 17.5 Å². The molecule has 1 heterocycles. The maximum absolute atomic E-state index is 12.2. The van der Waals surface area contributed by atoms with Gasteiger partial charge < -0.3 is 10.6 Å². The van der Waals surface area contributed by atoms with Crippen molar-refractivity contribution in [1.82, 2.24) is 10.6 Å². The van der Waals surface area contributed by atoms with E-state index >= 15 is 0 Å². The Morgan fingerprint density at radius 3 is 3.11 bits per heavy atom. The lowest BCUT2D eigenvalue weighted by Crippen LogP contribution is -2.41. The van der Waals surface area contributed by atoms with Crippen molar-refractivity contribution in [1.29, 1.82) is 0 Å². The molecule has 0 radical (unpaired) electrons. The number of carbonyl (C=O) groups excluding carboxylic acids is 1. The van der Waals surface area contributed by atoms with E-state index in [1.54, 1.807) is 12.1 Å². The highest BCUT2D eigenvalue weighted by atomic mass is 35.5. The van der Waals surface area contributed by atoms with Crippen molar-refractivity contribution in [3.8, 4) is 0 Å². The Kier molecular flexibility index (Phi) is 4.61. The SMILES string of the molecule is Cc1ccc(Cl)cc1C(=O)NC1CCCCNC1. The Hall–Kier alpha value is -1.06. The maximum atomic E-state index is 12.2. The van der Waals surface area contributed by atoms with Crippen LogP contribution in [0.15, 0.2) is 18.2 Å². The molecular weight excluding hydrogens is 248 g/mol. The molecule has 1 aliphatic heterocycles. The average molecular weight is 267 g/mol. The van der Waals surface area contributed by atoms with Crippen molar-refractivity contribution < 1.29 is 4.79 Å². The van der Waals surface area contributed by atoms with Crippen LogP contribution in [0.4, 0.5) is 0 Å². The Morgan fingerprint density at radius 1 is 1.44 bits per heavy atom. The van der Waals surface area contributed by atoms with E-state index in [9.17, 15) is 4.79 Å². The van der Waals surface area contributed by atoms with Gasteiger partial charge in [0, 0.05) is 23.2 Å². The maximum Gasteiger partial charge on any atom is 0.251 e. The van der Waals surface area contributed by atoms with Crippen LogP contribution in [0.5, 0.6) is 0 Å². The van der Waals surface area contributed by atoms with E-state index in [1.807, 2.05) is 13.0 Å². The standard InChI is InChI=1S/C14H19ClN2O/c1-10-5-6-11(15)8-13(10)14(18)17-12-4-2-3-7-16-9-12/h5-6,8,12,16H,2-4,7,9H2,1H3,(H,17,18). The zero-order valence-corrected chi connectivity index (χ0v) is 11.4. The van der Waals surface area contributed by atoms with Gasteiger partial charge >= 0.3 is 0 Å². The second-order valence-corrected chi connectivity index (χ2v) is 5.27. The molecule has 0 aliphatic carbocycles. The lowest BCUT2D eigenvalue weighted by atomic mass is 10.1. The fourth-order valence-corrected chi connectivity index (χ4v) is 2.42. The lowest BCUT2D eigenvalue weighted by molar-refractivity contribution is 0.0935. The van der Waals surface area contributed by atoms with E-state index in [1.165, 1.54) is 6.42 Å². The molecule has 0 bridgehead atoms. The number of nitrogens with one attached hydrogen (secondary N) is 2. The summed E-state index contributed by atoms with van der Waals surface area (Å²) in [6, 6.07) is 5.64. The summed E-state index contributed by atoms with van der Waals surface area (Å²) >= 11 is 5.94. The van der Waals surface area contributed by atoms with Crippen LogP contribution in [-0.4, -0.2) is 25.0 Å². The summed E-state index contributed by atoms with van der Waals surface area (Å²) in [6.45, 7) is 3.82. The van der Waals surface area contributed by atoms with Crippen molar-refractivity contribution in [2.45, 2.75) is 32.2 Å². The van der Waals surface area contributed by atoms with Gasteiger partial charge in [-0.25, -0.2) is 0 Å². The lowest BCUT2D eigenvalue weighted by Gasteiger charge is -2.17. The predicted molar refractivity (Wildman–Crippen MR) is 74.2 cm³/mol.